The zero-order chi connectivity index (χ0) is 9.52. The van der Waals surface area contributed by atoms with Gasteiger partial charge >= 0.3 is 5.97 Å². The normalized spacial score (nSPS) is 21.5. The van der Waals surface area contributed by atoms with Crippen LogP contribution in [0.15, 0.2) is 12.2 Å². The molecule has 1 unspecified atom stereocenters. The summed E-state index contributed by atoms with van der Waals surface area (Å²) < 4.78 is 4.54. The van der Waals surface area contributed by atoms with Gasteiger partial charge in [-0.1, -0.05) is 12.2 Å². The van der Waals surface area contributed by atoms with Crippen molar-refractivity contribution in [1.82, 2.24) is 5.32 Å². The summed E-state index contributed by atoms with van der Waals surface area (Å²) in [6.07, 6.45) is 8.44. The van der Waals surface area contributed by atoms with Crippen molar-refractivity contribution in [3.8, 4) is 0 Å². The van der Waals surface area contributed by atoms with Crippen LogP contribution in [-0.4, -0.2) is 25.7 Å². The average molecular weight is 183 g/mol. The molecule has 0 spiro atoms. The van der Waals surface area contributed by atoms with Crippen molar-refractivity contribution in [2.75, 3.05) is 13.7 Å². The Bertz CT molecular complexity index is 189. The molecule has 0 aromatic heterocycles. The number of carbonyl (C=O) groups excluding carboxylic acids is 1. The predicted octanol–water partition coefficient (Wildman–Crippen LogP) is 1.25. The molecule has 3 heteroatoms. The predicted molar refractivity (Wildman–Crippen MR) is 51.4 cm³/mol. The molecule has 0 amide bonds. The Kier molecular flexibility index (Phi) is 4.54. The minimum Gasteiger partial charge on any atom is -0.469 e. The highest BCUT2D eigenvalue weighted by Crippen LogP contribution is 2.09. The first kappa shape index (κ1) is 10.3. The molecule has 0 aromatic carbocycles. The largest absolute Gasteiger partial charge is 0.469 e. The molecule has 0 bridgehead atoms. The van der Waals surface area contributed by atoms with Crippen LogP contribution in [0.3, 0.4) is 0 Å². The molecular weight excluding hydrogens is 166 g/mol. The second-order valence-corrected chi connectivity index (χ2v) is 3.25. The van der Waals surface area contributed by atoms with Crippen LogP contribution in [0, 0.1) is 0 Å². The fourth-order valence-corrected chi connectivity index (χ4v) is 1.44. The van der Waals surface area contributed by atoms with Crippen LogP contribution in [0.25, 0.3) is 0 Å². The van der Waals surface area contributed by atoms with E-state index in [0.717, 1.165) is 0 Å². The Morgan fingerprint density at radius 2 is 2.54 bits per heavy atom. The maximum atomic E-state index is 10.8. The monoisotopic (exact) mass is 183 g/mol. The van der Waals surface area contributed by atoms with E-state index in [1.165, 1.54) is 26.4 Å². The van der Waals surface area contributed by atoms with E-state index in [2.05, 4.69) is 22.2 Å². The quantitative estimate of drug-likeness (QED) is 0.526. The summed E-state index contributed by atoms with van der Waals surface area (Å²) in [7, 11) is 1.42. The zero-order valence-corrected chi connectivity index (χ0v) is 8.08. The van der Waals surface area contributed by atoms with Crippen molar-refractivity contribution in [2.24, 2.45) is 0 Å². The molecule has 74 valence electrons. The number of esters is 1. The number of hydrogen-bond acceptors (Lipinski definition) is 3. The molecule has 13 heavy (non-hydrogen) atoms. The van der Waals surface area contributed by atoms with E-state index >= 15 is 0 Å². The first-order chi connectivity index (χ1) is 6.33. The van der Waals surface area contributed by atoms with Crippen LogP contribution in [0.1, 0.15) is 25.7 Å². The second kappa shape index (κ2) is 5.75. The number of carbonyl (C=O) groups is 1. The summed E-state index contributed by atoms with van der Waals surface area (Å²) in [5.41, 5.74) is 0. The Morgan fingerprint density at radius 3 is 3.15 bits per heavy atom. The van der Waals surface area contributed by atoms with Gasteiger partial charge in [0.15, 0.2) is 0 Å². The summed E-state index contributed by atoms with van der Waals surface area (Å²) in [6, 6.07) is 0.457. The highest BCUT2D eigenvalue weighted by atomic mass is 16.5. The van der Waals surface area contributed by atoms with Crippen LogP contribution in [0.2, 0.25) is 0 Å². The van der Waals surface area contributed by atoms with Gasteiger partial charge in [-0.15, -0.1) is 0 Å². The highest BCUT2D eigenvalue weighted by Gasteiger charge is 2.07. The third-order valence-electron chi connectivity index (χ3n) is 2.22. The maximum absolute atomic E-state index is 10.8. The molecule has 1 rings (SSSR count). The SMILES string of the molecule is COC(=O)CCNC1C=CCCC1. The highest BCUT2D eigenvalue weighted by molar-refractivity contribution is 5.69. The molecule has 1 aliphatic rings. The molecule has 0 saturated heterocycles. The number of rotatable bonds is 4. The summed E-state index contributed by atoms with van der Waals surface area (Å²) in [6.45, 7) is 0.710. The molecule has 0 saturated carbocycles. The Labute approximate surface area is 79.2 Å². The van der Waals surface area contributed by atoms with E-state index in [1.54, 1.807) is 0 Å². The Hall–Kier alpha value is -0.830. The lowest BCUT2D eigenvalue weighted by atomic mass is 10.0. The van der Waals surface area contributed by atoms with Gasteiger partial charge in [0.2, 0.25) is 0 Å². The number of methoxy groups -OCH3 is 1. The lowest BCUT2D eigenvalue weighted by Gasteiger charge is -2.17. The molecular formula is C10H17NO2. The number of hydrogen-bond donors (Lipinski definition) is 1. The number of allylic oxidation sites excluding steroid dienone is 1. The van der Waals surface area contributed by atoms with Gasteiger partial charge in [0.25, 0.3) is 0 Å². The standard InChI is InChI=1S/C10H17NO2/c1-13-10(12)7-8-11-9-5-3-2-4-6-9/h3,5,9,11H,2,4,6-8H2,1H3. The van der Waals surface area contributed by atoms with Crippen molar-refractivity contribution in [3.63, 3.8) is 0 Å². The molecule has 1 atom stereocenters. The van der Waals surface area contributed by atoms with E-state index in [4.69, 9.17) is 0 Å². The molecule has 1 aliphatic carbocycles. The van der Waals surface area contributed by atoms with Crippen molar-refractivity contribution in [3.05, 3.63) is 12.2 Å². The molecule has 0 heterocycles. The fourth-order valence-electron chi connectivity index (χ4n) is 1.44. The van der Waals surface area contributed by atoms with Crippen LogP contribution in [-0.2, 0) is 9.53 Å². The van der Waals surface area contributed by atoms with Gasteiger partial charge in [-0.05, 0) is 19.3 Å². The van der Waals surface area contributed by atoms with Gasteiger partial charge < -0.3 is 10.1 Å². The first-order valence-electron chi connectivity index (χ1n) is 4.80. The molecule has 1 N–H and O–H groups in total. The molecule has 0 fully saturated rings. The van der Waals surface area contributed by atoms with Gasteiger partial charge in [-0.2, -0.15) is 0 Å². The van der Waals surface area contributed by atoms with Gasteiger partial charge in [-0.3, -0.25) is 4.79 Å². The number of nitrogens with one attached hydrogen (secondary N) is 1. The molecule has 0 radical (unpaired) electrons. The summed E-state index contributed by atoms with van der Waals surface area (Å²) in [4.78, 5) is 10.8. The van der Waals surface area contributed by atoms with Gasteiger partial charge in [0.05, 0.1) is 13.5 Å². The van der Waals surface area contributed by atoms with Gasteiger partial charge in [0.1, 0.15) is 0 Å². The summed E-state index contributed by atoms with van der Waals surface area (Å²) in [5.74, 6) is -0.146. The fraction of sp³-hybridized carbons (Fsp3) is 0.700. The smallest absolute Gasteiger partial charge is 0.306 e. The first-order valence-corrected chi connectivity index (χ1v) is 4.80. The minimum atomic E-state index is -0.146. The minimum absolute atomic E-state index is 0.146. The molecule has 0 aliphatic heterocycles. The third kappa shape index (κ3) is 4.08. The maximum Gasteiger partial charge on any atom is 0.306 e. The Morgan fingerprint density at radius 1 is 1.69 bits per heavy atom. The lowest BCUT2D eigenvalue weighted by Crippen LogP contribution is -2.30. The van der Waals surface area contributed by atoms with Crippen molar-refractivity contribution >= 4 is 5.97 Å². The average Bonchev–Trinajstić information content (AvgIpc) is 2.19. The van der Waals surface area contributed by atoms with Gasteiger partial charge in [0, 0.05) is 12.6 Å². The molecule has 0 aromatic rings. The summed E-state index contributed by atoms with van der Waals surface area (Å²) in [5, 5.41) is 3.30. The zero-order valence-electron chi connectivity index (χ0n) is 8.08. The Balaban J connectivity index is 2.08. The van der Waals surface area contributed by atoms with Crippen LogP contribution in [0.5, 0.6) is 0 Å². The lowest BCUT2D eigenvalue weighted by molar-refractivity contribution is -0.140. The van der Waals surface area contributed by atoms with Crippen molar-refractivity contribution in [1.29, 1.82) is 0 Å². The van der Waals surface area contributed by atoms with Gasteiger partial charge in [-0.25, -0.2) is 0 Å². The third-order valence-corrected chi connectivity index (χ3v) is 2.22. The van der Waals surface area contributed by atoms with E-state index in [-0.39, 0.29) is 5.97 Å². The van der Waals surface area contributed by atoms with Crippen LogP contribution >= 0.6 is 0 Å². The van der Waals surface area contributed by atoms with E-state index < -0.39 is 0 Å². The second-order valence-electron chi connectivity index (χ2n) is 3.25. The van der Waals surface area contributed by atoms with Crippen molar-refractivity contribution < 1.29 is 9.53 Å². The number of ether oxygens (including phenoxy) is 1. The van der Waals surface area contributed by atoms with Crippen molar-refractivity contribution in [2.45, 2.75) is 31.7 Å². The van der Waals surface area contributed by atoms with E-state index in [0.29, 0.717) is 19.0 Å². The van der Waals surface area contributed by atoms with Crippen LogP contribution < -0.4 is 5.32 Å². The molecule has 3 nitrogen and oxygen atoms in total. The van der Waals surface area contributed by atoms with E-state index in [1.807, 2.05) is 0 Å². The topological polar surface area (TPSA) is 38.3 Å². The summed E-state index contributed by atoms with van der Waals surface area (Å²) >= 11 is 0. The van der Waals surface area contributed by atoms with Crippen LogP contribution in [0.4, 0.5) is 0 Å². The van der Waals surface area contributed by atoms with E-state index in [9.17, 15) is 4.79 Å².